The van der Waals surface area contributed by atoms with Gasteiger partial charge in [-0.25, -0.2) is 0 Å². The molecule has 0 aromatic heterocycles. The highest BCUT2D eigenvalue weighted by atomic mass is 35.5. The molecule has 0 aromatic carbocycles. The first-order valence-corrected chi connectivity index (χ1v) is 0. The topological polar surface area (TPSA) is 0 Å². The van der Waals surface area contributed by atoms with Crippen molar-refractivity contribution in [1.82, 2.24) is 0 Å². The first-order valence-electron chi connectivity index (χ1n) is 0. The minimum Gasteiger partial charge on any atom is -0.269 e. The van der Waals surface area contributed by atoms with Gasteiger partial charge >= 0.3 is 0 Å². The second-order valence-corrected chi connectivity index (χ2v) is 0. The number of hydrogen-bond donors (Lipinski definition) is 0. The zero-order chi connectivity index (χ0) is 0. The van der Waals surface area contributed by atoms with Crippen LogP contribution < -0.4 is 0 Å². The van der Waals surface area contributed by atoms with E-state index >= 15 is 0 Å². The van der Waals surface area contributed by atoms with E-state index in [1.165, 1.54) is 0 Å². The van der Waals surface area contributed by atoms with Crippen molar-refractivity contribution < 1.29 is 9.41 Å². The van der Waals surface area contributed by atoms with Crippen LogP contribution in [0.25, 0.3) is 0 Å². The second kappa shape index (κ2) is 1830. The zero-order valence-electron chi connectivity index (χ0n) is 1.22. The van der Waals surface area contributed by atoms with Gasteiger partial charge in [0, 0.05) is 0 Å². The maximum atomic E-state index is 0. The largest absolute Gasteiger partial charge is 0.269 e. The molecule has 0 spiro atoms. The van der Waals surface area contributed by atoms with E-state index in [0.717, 1.165) is 0 Å². The fourth-order valence-electron chi connectivity index (χ4n) is 0. The van der Waals surface area contributed by atoms with Crippen molar-refractivity contribution in [3.05, 3.63) is 0 Å². The molecule has 0 aliphatic rings. The molecule has 40 valence electrons. The molecular formula is C2H11ClF2. The van der Waals surface area contributed by atoms with E-state index in [2.05, 4.69) is 0 Å². The minimum atomic E-state index is 0. The van der Waals surface area contributed by atoms with Crippen LogP contribution >= 0.6 is 12.4 Å². The molecule has 3 heteroatoms. The molecule has 0 radical (unpaired) electrons. The van der Waals surface area contributed by atoms with Gasteiger partial charge in [0.05, 0.1) is 0 Å². The van der Waals surface area contributed by atoms with Gasteiger partial charge in [-0.05, 0) is 0 Å². The third kappa shape index (κ3) is 853. The lowest BCUT2D eigenvalue weighted by atomic mass is 12.0. The highest BCUT2D eigenvalue weighted by Crippen LogP contribution is 0.690. The van der Waals surface area contributed by atoms with Crippen LogP contribution in [0, 0.1) is 0 Å². The van der Waals surface area contributed by atoms with Gasteiger partial charge in [-0.1, -0.05) is 14.9 Å². The van der Waals surface area contributed by atoms with Crippen LogP contribution in [0.1, 0.15) is 14.9 Å². The fourth-order valence-corrected chi connectivity index (χ4v) is 0. The van der Waals surface area contributed by atoms with Crippen molar-refractivity contribution in [3.63, 3.8) is 0 Å². The fraction of sp³-hybridized carbons (Fsp3) is 1.00. The molecule has 0 nitrogen and oxygen atoms in total. The standard InChI is InChI=1S/2CH4.ClH.2FH/h2*1H4;3*1H. The Morgan fingerprint density at radius 1 is 0.600 bits per heavy atom. The number of hydrogen-bond acceptors (Lipinski definition) is 0. The third-order valence-corrected chi connectivity index (χ3v) is 0. The molecule has 0 unspecified atom stereocenters. The van der Waals surface area contributed by atoms with E-state index in [9.17, 15) is 0 Å². The average molecular weight is 109 g/mol. The molecule has 0 N–H and O–H groups in total. The third-order valence-electron chi connectivity index (χ3n) is 0. The molecule has 0 atom stereocenters. The summed E-state index contributed by atoms with van der Waals surface area (Å²) in [6, 6.07) is 0. The molecule has 0 bridgehead atoms. The smallest absolute Gasteiger partial charge is 0.0776 e. The SMILES string of the molecule is C.C.Cl.F.F. The predicted molar refractivity (Wildman–Crippen MR) is 25.7 cm³/mol. The van der Waals surface area contributed by atoms with Crippen LogP contribution in [0.5, 0.6) is 0 Å². The Labute approximate surface area is 37.7 Å². The van der Waals surface area contributed by atoms with Gasteiger partial charge in [0.15, 0.2) is 0 Å². The molecule has 0 saturated heterocycles. The zero-order valence-corrected chi connectivity index (χ0v) is 2.04. The summed E-state index contributed by atoms with van der Waals surface area (Å²) in [5.41, 5.74) is 0. The van der Waals surface area contributed by atoms with Crippen LogP contribution in [0.15, 0.2) is 0 Å². The summed E-state index contributed by atoms with van der Waals surface area (Å²) in [6.45, 7) is 0. The molecule has 0 aromatic rings. The highest BCUT2D eigenvalue weighted by molar-refractivity contribution is 5.85. The molecule has 0 amide bonds. The van der Waals surface area contributed by atoms with E-state index in [4.69, 9.17) is 0 Å². The summed E-state index contributed by atoms with van der Waals surface area (Å²) in [4.78, 5) is 0. The van der Waals surface area contributed by atoms with Crippen molar-refractivity contribution >= 4 is 12.4 Å². The summed E-state index contributed by atoms with van der Waals surface area (Å²) in [5, 5.41) is 0. The molecule has 0 aliphatic heterocycles. The van der Waals surface area contributed by atoms with E-state index in [1.807, 2.05) is 0 Å². The molecule has 0 aliphatic carbocycles. The lowest BCUT2D eigenvalue weighted by molar-refractivity contribution is 1.11. The van der Waals surface area contributed by atoms with Gasteiger partial charge in [0.1, 0.15) is 0 Å². The van der Waals surface area contributed by atoms with Crippen LogP contribution in [0.2, 0.25) is 0 Å². The van der Waals surface area contributed by atoms with Gasteiger partial charge < -0.3 is 0 Å². The van der Waals surface area contributed by atoms with E-state index < -0.39 is 0 Å². The maximum Gasteiger partial charge on any atom is -0.0776 e. The monoisotopic (exact) mass is 108 g/mol. The molecular weight excluding hydrogens is 97.5 g/mol. The molecule has 0 heterocycles. The van der Waals surface area contributed by atoms with Gasteiger partial charge in [-0.15, -0.1) is 12.4 Å². The Morgan fingerprint density at radius 3 is 0.600 bits per heavy atom. The summed E-state index contributed by atoms with van der Waals surface area (Å²) in [5.74, 6) is 0. The quantitative estimate of drug-likeness (QED) is 0.445. The Balaban J connectivity index is 0. The normalized spacial score (nSPS) is 0. The summed E-state index contributed by atoms with van der Waals surface area (Å²) < 4.78 is 0. The second-order valence-electron chi connectivity index (χ2n) is 0. The van der Waals surface area contributed by atoms with Crippen molar-refractivity contribution in [2.45, 2.75) is 14.9 Å². The van der Waals surface area contributed by atoms with E-state index in [-0.39, 0.29) is 36.7 Å². The Hall–Kier alpha value is 0.150. The lowest BCUT2D eigenvalue weighted by Crippen LogP contribution is 0.143. The van der Waals surface area contributed by atoms with Crippen molar-refractivity contribution in [2.24, 2.45) is 0 Å². The van der Waals surface area contributed by atoms with Gasteiger partial charge in [-0.2, -0.15) is 0 Å². The van der Waals surface area contributed by atoms with Crippen LogP contribution in [0.3, 0.4) is 0 Å². The van der Waals surface area contributed by atoms with E-state index in [1.54, 1.807) is 0 Å². The van der Waals surface area contributed by atoms with Crippen LogP contribution in [0.4, 0.5) is 9.41 Å². The van der Waals surface area contributed by atoms with Crippen molar-refractivity contribution in [3.8, 4) is 0 Å². The van der Waals surface area contributed by atoms with Gasteiger partial charge in [0.2, 0.25) is 0 Å². The van der Waals surface area contributed by atoms with Crippen LogP contribution in [-0.2, 0) is 0 Å². The Morgan fingerprint density at radius 2 is 0.600 bits per heavy atom. The molecule has 0 saturated carbocycles. The predicted octanol–water partition coefficient (Wildman–Crippen LogP) is 2.00. The Kier molecular flexibility index (Phi) is 1440000. The first-order chi connectivity index (χ1) is 0. The minimum absolute atomic E-state index is 0. The van der Waals surface area contributed by atoms with Gasteiger partial charge in [0.25, 0.3) is 0 Å². The van der Waals surface area contributed by atoms with E-state index in [0.29, 0.717) is 0 Å². The van der Waals surface area contributed by atoms with Crippen molar-refractivity contribution in [1.29, 1.82) is 0 Å². The molecule has 0 fully saturated rings. The summed E-state index contributed by atoms with van der Waals surface area (Å²) in [7, 11) is 0. The van der Waals surface area contributed by atoms with Gasteiger partial charge in [-0.3, -0.25) is 9.41 Å². The van der Waals surface area contributed by atoms with Crippen LogP contribution in [-0.4, -0.2) is 0 Å². The number of halogens is 3. The lowest BCUT2D eigenvalue weighted by Gasteiger charge is -0.270. The summed E-state index contributed by atoms with van der Waals surface area (Å²) >= 11 is 0. The molecule has 0 rings (SSSR count). The average Bonchev–Trinajstić information content (AvgIpc) is 0. The molecule has 5 heavy (non-hydrogen) atoms. The first kappa shape index (κ1) is 3940. The highest BCUT2D eigenvalue weighted by Gasteiger charge is -0.0765. The maximum absolute atomic E-state index is 0. The van der Waals surface area contributed by atoms with Crippen molar-refractivity contribution in [2.75, 3.05) is 0 Å². The Bertz CT molecular complexity index is 7.61. The number of rotatable bonds is 0. The summed E-state index contributed by atoms with van der Waals surface area (Å²) in [6.07, 6.45) is 0.